The molecule has 5 atom stereocenters. The number of fused-ring (bicyclic) bond motifs is 4. The summed E-state index contributed by atoms with van der Waals surface area (Å²) >= 11 is 0. The molecule has 0 radical (unpaired) electrons. The Labute approximate surface area is 202 Å². The number of aliphatic hydroxyl groups excluding tert-OH is 1. The van der Waals surface area contributed by atoms with Crippen molar-refractivity contribution in [2.45, 2.75) is 71.1 Å². The Balaban J connectivity index is 1.71. The molecule has 4 heteroatoms. The third-order valence-corrected chi connectivity index (χ3v) is 9.45. The van der Waals surface area contributed by atoms with E-state index in [9.17, 15) is 14.7 Å². The average Bonchev–Trinajstić information content (AvgIpc) is 3.14. The van der Waals surface area contributed by atoms with Crippen molar-refractivity contribution >= 4 is 17.3 Å². The number of hydrogen-bond acceptors (Lipinski definition) is 4. The van der Waals surface area contributed by atoms with Gasteiger partial charge >= 0.3 is 0 Å². The van der Waals surface area contributed by atoms with E-state index in [1.54, 1.807) is 0 Å². The van der Waals surface area contributed by atoms with Crippen LogP contribution in [-0.2, 0) is 9.59 Å². The van der Waals surface area contributed by atoms with Gasteiger partial charge in [0.2, 0.25) is 0 Å². The SMILES string of the molecule is CCC(=O)[C@]1(C#CCO)CC[C@H]2[C@@H]3CCC4=CC(=O)CCC4=C3[C@@H](c3ccc(N)cc3)C[C@@]21C. The first kappa shape index (κ1) is 23.1. The molecule has 4 nitrogen and oxygen atoms in total. The highest BCUT2D eigenvalue weighted by atomic mass is 16.2. The Hall–Kier alpha value is -2.64. The predicted molar refractivity (Wildman–Crippen MR) is 134 cm³/mol. The summed E-state index contributed by atoms with van der Waals surface area (Å²) in [5, 5.41) is 9.53. The fourth-order valence-corrected chi connectivity index (χ4v) is 7.94. The van der Waals surface area contributed by atoms with Gasteiger partial charge in [-0.2, -0.15) is 0 Å². The molecule has 0 aliphatic heterocycles. The van der Waals surface area contributed by atoms with E-state index < -0.39 is 5.41 Å². The van der Waals surface area contributed by atoms with Crippen LogP contribution in [0.3, 0.4) is 0 Å². The van der Waals surface area contributed by atoms with E-state index in [1.165, 1.54) is 22.3 Å². The fraction of sp³-hybridized carbons (Fsp3) is 0.533. The summed E-state index contributed by atoms with van der Waals surface area (Å²) in [6.45, 7) is 4.01. The van der Waals surface area contributed by atoms with Gasteiger partial charge in [-0.15, -0.1) is 0 Å². The zero-order valence-corrected chi connectivity index (χ0v) is 20.3. The van der Waals surface area contributed by atoms with E-state index in [-0.39, 0.29) is 29.5 Å². The number of hydrogen-bond donors (Lipinski definition) is 2. The van der Waals surface area contributed by atoms with Gasteiger partial charge in [-0.05, 0) is 90.7 Å². The lowest BCUT2D eigenvalue weighted by atomic mass is 9.48. The highest BCUT2D eigenvalue weighted by Crippen LogP contribution is 2.69. The standard InChI is InChI=1S/C30H35NO3/c1-3-27(34)30(14-4-16-32)15-13-26-24-11-7-20-17-22(33)10-12-23(20)28(24)25(18-29(26,30)2)19-5-8-21(31)9-6-19/h5-6,8-9,17,24-26,32H,3,7,10-13,15-16,18,31H2,1-2H3/t24-,25+,26-,29-,30-/m0/s1. The molecular formula is C30H35NO3. The van der Waals surface area contributed by atoms with Crippen LogP contribution >= 0.6 is 0 Å². The molecule has 0 aromatic heterocycles. The number of nitrogens with two attached hydrogens (primary N) is 1. The quantitative estimate of drug-likeness (QED) is 0.487. The second-order valence-corrected chi connectivity index (χ2v) is 10.8. The minimum absolute atomic E-state index is 0.178. The van der Waals surface area contributed by atoms with E-state index in [2.05, 4.69) is 30.9 Å². The molecule has 178 valence electrons. The first-order valence-electron chi connectivity index (χ1n) is 12.8. The molecule has 0 amide bonds. The second kappa shape index (κ2) is 8.54. The van der Waals surface area contributed by atoms with Gasteiger partial charge in [0.15, 0.2) is 11.6 Å². The molecule has 5 rings (SSSR count). The monoisotopic (exact) mass is 457 g/mol. The number of carbonyl (C=O) groups excluding carboxylic acids is 2. The lowest BCUT2D eigenvalue weighted by Gasteiger charge is -2.54. The van der Waals surface area contributed by atoms with Crippen LogP contribution in [0.1, 0.15) is 76.7 Å². The summed E-state index contributed by atoms with van der Waals surface area (Å²) in [7, 11) is 0. The van der Waals surface area contributed by atoms with Gasteiger partial charge in [-0.3, -0.25) is 9.59 Å². The van der Waals surface area contributed by atoms with Crippen LogP contribution in [0.4, 0.5) is 5.69 Å². The number of allylic oxidation sites excluding steroid dienone is 4. The molecule has 2 saturated carbocycles. The molecule has 0 bridgehead atoms. The molecule has 0 spiro atoms. The summed E-state index contributed by atoms with van der Waals surface area (Å²) in [5.74, 6) is 7.64. The molecule has 1 aromatic carbocycles. The molecule has 0 unspecified atom stereocenters. The van der Waals surface area contributed by atoms with Crippen molar-refractivity contribution in [2.75, 3.05) is 12.3 Å². The summed E-state index contributed by atoms with van der Waals surface area (Å²) in [4.78, 5) is 25.8. The molecular weight excluding hydrogens is 422 g/mol. The number of nitrogen functional groups attached to an aromatic ring is 1. The van der Waals surface area contributed by atoms with Gasteiger partial charge in [-0.1, -0.05) is 43.4 Å². The van der Waals surface area contributed by atoms with Crippen LogP contribution in [-0.4, -0.2) is 23.3 Å². The molecule has 34 heavy (non-hydrogen) atoms. The second-order valence-electron chi connectivity index (χ2n) is 10.8. The van der Waals surface area contributed by atoms with Crippen molar-refractivity contribution in [2.24, 2.45) is 22.7 Å². The smallest absolute Gasteiger partial charge is 0.156 e. The highest BCUT2D eigenvalue weighted by Gasteiger charge is 2.65. The van der Waals surface area contributed by atoms with Crippen LogP contribution in [0.25, 0.3) is 0 Å². The van der Waals surface area contributed by atoms with Gasteiger partial charge in [0.25, 0.3) is 0 Å². The minimum Gasteiger partial charge on any atom is -0.399 e. The maximum Gasteiger partial charge on any atom is 0.156 e. The summed E-state index contributed by atoms with van der Waals surface area (Å²) in [5.41, 5.74) is 11.2. The molecule has 3 N–H and O–H groups in total. The summed E-state index contributed by atoms with van der Waals surface area (Å²) in [6.07, 6.45) is 8.33. The zero-order chi connectivity index (χ0) is 24.1. The molecule has 4 aliphatic rings. The largest absolute Gasteiger partial charge is 0.399 e. The Morgan fingerprint density at radius 3 is 2.65 bits per heavy atom. The van der Waals surface area contributed by atoms with Crippen molar-refractivity contribution in [3.05, 3.63) is 52.6 Å². The number of anilines is 1. The van der Waals surface area contributed by atoms with Crippen molar-refractivity contribution in [3.63, 3.8) is 0 Å². The van der Waals surface area contributed by atoms with E-state index >= 15 is 0 Å². The number of ketones is 2. The van der Waals surface area contributed by atoms with Crippen molar-refractivity contribution < 1.29 is 14.7 Å². The lowest BCUT2D eigenvalue weighted by molar-refractivity contribution is -0.132. The first-order chi connectivity index (χ1) is 16.3. The molecule has 1 aromatic rings. The number of carbonyl (C=O) groups is 2. The predicted octanol–water partition coefficient (Wildman–Crippen LogP) is 5.13. The molecule has 4 aliphatic carbocycles. The molecule has 0 heterocycles. The molecule has 2 fully saturated rings. The van der Waals surface area contributed by atoms with Crippen LogP contribution in [0.15, 0.2) is 47.1 Å². The maximum absolute atomic E-state index is 13.6. The van der Waals surface area contributed by atoms with Gasteiger partial charge in [-0.25, -0.2) is 0 Å². The summed E-state index contributed by atoms with van der Waals surface area (Å²) < 4.78 is 0. The van der Waals surface area contributed by atoms with Crippen LogP contribution in [0, 0.1) is 34.5 Å². The van der Waals surface area contributed by atoms with Crippen molar-refractivity contribution in [3.8, 4) is 11.8 Å². The number of rotatable bonds is 3. The number of benzene rings is 1. The normalized spacial score (nSPS) is 34.4. The Morgan fingerprint density at radius 1 is 1.18 bits per heavy atom. The van der Waals surface area contributed by atoms with Crippen molar-refractivity contribution in [1.29, 1.82) is 0 Å². The van der Waals surface area contributed by atoms with Gasteiger partial charge in [0.05, 0.1) is 5.41 Å². The summed E-state index contributed by atoms with van der Waals surface area (Å²) in [6, 6.07) is 8.22. The van der Waals surface area contributed by atoms with Gasteiger partial charge in [0, 0.05) is 24.4 Å². The van der Waals surface area contributed by atoms with Crippen LogP contribution in [0.2, 0.25) is 0 Å². The van der Waals surface area contributed by atoms with Gasteiger partial charge in [0.1, 0.15) is 6.61 Å². The topological polar surface area (TPSA) is 80.4 Å². The molecule has 0 saturated heterocycles. The van der Waals surface area contributed by atoms with E-state index in [0.29, 0.717) is 24.7 Å². The van der Waals surface area contributed by atoms with Gasteiger partial charge < -0.3 is 10.8 Å². The minimum atomic E-state index is -0.712. The fourth-order valence-electron chi connectivity index (χ4n) is 7.94. The van der Waals surface area contributed by atoms with E-state index in [0.717, 1.165) is 44.2 Å². The highest BCUT2D eigenvalue weighted by molar-refractivity contribution is 5.93. The maximum atomic E-state index is 13.6. The number of aliphatic hydroxyl groups is 1. The Morgan fingerprint density at radius 2 is 1.94 bits per heavy atom. The van der Waals surface area contributed by atoms with Crippen molar-refractivity contribution in [1.82, 2.24) is 0 Å². The Bertz CT molecular complexity index is 1150. The van der Waals surface area contributed by atoms with Crippen LogP contribution in [0.5, 0.6) is 0 Å². The van der Waals surface area contributed by atoms with Crippen LogP contribution < -0.4 is 5.73 Å². The average molecular weight is 458 g/mol. The lowest BCUT2D eigenvalue weighted by Crippen LogP contribution is -2.50. The van der Waals surface area contributed by atoms with E-state index in [1.807, 2.05) is 25.1 Å². The third-order valence-electron chi connectivity index (χ3n) is 9.45. The zero-order valence-electron chi connectivity index (χ0n) is 20.3. The third kappa shape index (κ3) is 3.32. The Kier molecular flexibility index (Phi) is 5.81. The van der Waals surface area contributed by atoms with E-state index in [4.69, 9.17) is 5.73 Å². The first-order valence-corrected chi connectivity index (χ1v) is 12.8. The number of Topliss-reactive ketones (excluding diaryl/α,β-unsaturated/α-hetero) is 1.